The second-order valence-electron chi connectivity index (χ2n) is 5.33. The third-order valence-electron chi connectivity index (χ3n) is 3.43. The first-order chi connectivity index (χ1) is 11.6. The Balaban J connectivity index is 1.64. The molecule has 0 spiro atoms. The van der Waals surface area contributed by atoms with Crippen molar-refractivity contribution in [2.24, 2.45) is 0 Å². The molecule has 0 amide bonds. The minimum Gasteiger partial charge on any atom is -0.497 e. The first kappa shape index (κ1) is 15.9. The molecule has 3 aromatic rings. The van der Waals surface area contributed by atoms with E-state index in [0.717, 1.165) is 22.9 Å². The molecule has 0 aliphatic carbocycles. The number of aromatic nitrogens is 2. The van der Waals surface area contributed by atoms with E-state index < -0.39 is 0 Å². The van der Waals surface area contributed by atoms with Crippen molar-refractivity contribution in [1.29, 1.82) is 0 Å². The van der Waals surface area contributed by atoms with E-state index in [2.05, 4.69) is 15.5 Å². The van der Waals surface area contributed by atoms with Gasteiger partial charge in [-0.1, -0.05) is 6.07 Å². The lowest BCUT2D eigenvalue weighted by atomic mass is 10.2. The summed E-state index contributed by atoms with van der Waals surface area (Å²) in [7, 11) is 1.63. The Morgan fingerprint density at radius 1 is 1.00 bits per heavy atom. The average molecular weight is 325 g/mol. The molecule has 1 atom stereocenters. The molecular formula is C18H19N3O3. The van der Waals surface area contributed by atoms with Crippen molar-refractivity contribution in [3.05, 3.63) is 60.3 Å². The van der Waals surface area contributed by atoms with Crippen molar-refractivity contribution in [2.45, 2.75) is 19.9 Å². The van der Waals surface area contributed by atoms with Gasteiger partial charge in [-0.25, -0.2) is 0 Å². The number of nitrogens with zero attached hydrogens (tertiary/aromatic N) is 2. The van der Waals surface area contributed by atoms with Gasteiger partial charge in [0.05, 0.1) is 7.11 Å². The maximum absolute atomic E-state index is 5.82. The first-order valence-corrected chi connectivity index (χ1v) is 7.62. The van der Waals surface area contributed by atoms with Crippen LogP contribution in [0.15, 0.2) is 52.9 Å². The molecule has 3 rings (SSSR count). The molecule has 1 N–H and O–H groups in total. The van der Waals surface area contributed by atoms with Crippen LogP contribution in [-0.2, 0) is 0 Å². The zero-order chi connectivity index (χ0) is 16.9. The SMILES string of the molecule is COc1cccc(Oc2ccc(NC(C)c3nnc(C)o3)cc2)c1. The van der Waals surface area contributed by atoms with Gasteiger partial charge in [-0.3, -0.25) is 0 Å². The number of benzene rings is 2. The largest absolute Gasteiger partial charge is 0.497 e. The second-order valence-corrected chi connectivity index (χ2v) is 5.33. The third kappa shape index (κ3) is 3.84. The minimum absolute atomic E-state index is 0.0728. The molecule has 0 radical (unpaired) electrons. The number of nitrogens with one attached hydrogen (secondary N) is 1. The predicted molar refractivity (Wildman–Crippen MR) is 90.6 cm³/mol. The van der Waals surface area contributed by atoms with E-state index in [9.17, 15) is 0 Å². The molecule has 124 valence electrons. The van der Waals surface area contributed by atoms with E-state index in [1.807, 2.05) is 55.5 Å². The summed E-state index contributed by atoms with van der Waals surface area (Å²) in [6, 6.07) is 15.1. The molecule has 0 saturated heterocycles. The van der Waals surface area contributed by atoms with Crippen molar-refractivity contribution >= 4 is 5.69 Å². The summed E-state index contributed by atoms with van der Waals surface area (Å²) in [6.45, 7) is 3.74. The van der Waals surface area contributed by atoms with Gasteiger partial charge >= 0.3 is 0 Å². The normalized spacial score (nSPS) is 11.8. The van der Waals surface area contributed by atoms with Gasteiger partial charge in [0.2, 0.25) is 11.8 Å². The Morgan fingerprint density at radius 3 is 2.42 bits per heavy atom. The van der Waals surface area contributed by atoms with Gasteiger partial charge in [-0.2, -0.15) is 0 Å². The number of rotatable bonds is 6. The third-order valence-corrected chi connectivity index (χ3v) is 3.43. The van der Waals surface area contributed by atoms with E-state index in [1.165, 1.54) is 0 Å². The van der Waals surface area contributed by atoms with Crippen LogP contribution in [0.2, 0.25) is 0 Å². The molecule has 0 bridgehead atoms. The standard InChI is InChI=1S/C18H19N3O3/c1-12(18-21-20-13(2)23-18)19-14-7-9-15(10-8-14)24-17-6-4-5-16(11-17)22-3/h4-12,19H,1-3H3. The van der Waals surface area contributed by atoms with Crippen molar-refractivity contribution in [3.63, 3.8) is 0 Å². The lowest BCUT2D eigenvalue weighted by Gasteiger charge is -2.12. The van der Waals surface area contributed by atoms with Crippen LogP contribution < -0.4 is 14.8 Å². The molecule has 1 heterocycles. The van der Waals surface area contributed by atoms with Crippen molar-refractivity contribution in [1.82, 2.24) is 10.2 Å². The van der Waals surface area contributed by atoms with Gasteiger partial charge in [-0.15, -0.1) is 10.2 Å². The van der Waals surface area contributed by atoms with Crippen LogP contribution in [-0.4, -0.2) is 17.3 Å². The molecule has 2 aromatic carbocycles. The fourth-order valence-electron chi connectivity index (χ4n) is 2.22. The van der Waals surface area contributed by atoms with E-state index in [4.69, 9.17) is 13.9 Å². The molecule has 0 saturated carbocycles. The van der Waals surface area contributed by atoms with Crippen molar-refractivity contribution in [2.75, 3.05) is 12.4 Å². The Morgan fingerprint density at radius 2 is 1.75 bits per heavy atom. The van der Waals surface area contributed by atoms with Crippen LogP contribution in [0.5, 0.6) is 17.2 Å². The van der Waals surface area contributed by atoms with Gasteiger partial charge in [-0.05, 0) is 43.3 Å². The van der Waals surface area contributed by atoms with Crippen LogP contribution in [0, 0.1) is 6.92 Å². The zero-order valence-electron chi connectivity index (χ0n) is 13.8. The summed E-state index contributed by atoms with van der Waals surface area (Å²) in [4.78, 5) is 0. The number of anilines is 1. The summed E-state index contributed by atoms with van der Waals surface area (Å²) >= 11 is 0. The highest BCUT2D eigenvalue weighted by Gasteiger charge is 2.12. The summed E-state index contributed by atoms with van der Waals surface area (Å²) in [5.74, 6) is 3.35. The van der Waals surface area contributed by atoms with Crippen LogP contribution >= 0.6 is 0 Å². The molecule has 1 aromatic heterocycles. The first-order valence-electron chi connectivity index (χ1n) is 7.62. The van der Waals surface area contributed by atoms with Gasteiger partial charge in [0.15, 0.2) is 0 Å². The minimum atomic E-state index is -0.0728. The molecule has 6 nitrogen and oxygen atoms in total. The maximum atomic E-state index is 5.82. The van der Waals surface area contributed by atoms with Crippen molar-refractivity contribution in [3.8, 4) is 17.2 Å². The number of hydrogen-bond acceptors (Lipinski definition) is 6. The Labute approximate surface area is 140 Å². The highest BCUT2D eigenvalue weighted by atomic mass is 16.5. The fourth-order valence-corrected chi connectivity index (χ4v) is 2.22. The van der Waals surface area contributed by atoms with Crippen LogP contribution in [0.1, 0.15) is 24.7 Å². The average Bonchev–Trinajstić information content (AvgIpc) is 3.03. The summed E-state index contributed by atoms with van der Waals surface area (Å²) in [5, 5.41) is 11.2. The topological polar surface area (TPSA) is 69.4 Å². The highest BCUT2D eigenvalue weighted by molar-refractivity contribution is 5.48. The molecule has 0 aliphatic rings. The van der Waals surface area contributed by atoms with E-state index in [-0.39, 0.29) is 6.04 Å². The zero-order valence-corrected chi connectivity index (χ0v) is 13.8. The van der Waals surface area contributed by atoms with Crippen molar-refractivity contribution < 1.29 is 13.9 Å². The number of aryl methyl sites for hydroxylation is 1. The molecule has 6 heteroatoms. The molecular weight excluding hydrogens is 306 g/mol. The van der Waals surface area contributed by atoms with E-state index >= 15 is 0 Å². The van der Waals surface area contributed by atoms with E-state index in [1.54, 1.807) is 14.0 Å². The summed E-state index contributed by atoms with van der Waals surface area (Å²) in [6.07, 6.45) is 0. The highest BCUT2D eigenvalue weighted by Crippen LogP contribution is 2.27. The van der Waals surface area contributed by atoms with Gasteiger partial charge in [0.25, 0.3) is 0 Å². The predicted octanol–water partition coefficient (Wildman–Crippen LogP) is 4.35. The van der Waals surface area contributed by atoms with E-state index in [0.29, 0.717) is 11.8 Å². The Hall–Kier alpha value is -3.02. The lowest BCUT2D eigenvalue weighted by molar-refractivity contribution is 0.409. The molecule has 0 aliphatic heterocycles. The van der Waals surface area contributed by atoms with Crippen LogP contribution in [0.25, 0.3) is 0 Å². The van der Waals surface area contributed by atoms with Crippen LogP contribution in [0.4, 0.5) is 5.69 Å². The van der Waals surface area contributed by atoms with Gasteiger partial charge < -0.3 is 19.2 Å². The van der Waals surface area contributed by atoms with Gasteiger partial charge in [0, 0.05) is 18.7 Å². The second kappa shape index (κ2) is 7.04. The Kier molecular flexibility index (Phi) is 4.65. The monoisotopic (exact) mass is 325 g/mol. The Bertz CT molecular complexity index is 799. The number of methoxy groups -OCH3 is 1. The number of ether oxygens (including phenoxy) is 2. The lowest BCUT2D eigenvalue weighted by Crippen LogP contribution is -2.06. The summed E-state index contributed by atoms with van der Waals surface area (Å²) in [5.41, 5.74) is 0.941. The molecule has 24 heavy (non-hydrogen) atoms. The van der Waals surface area contributed by atoms with Crippen LogP contribution in [0.3, 0.4) is 0 Å². The number of hydrogen-bond donors (Lipinski definition) is 1. The smallest absolute Gasteiger partial charge is 0.238 e. The maximum Gasteiger partial charge on any atom is 0.238 e. The fraction of sp³-hybridized carbons (Fsp3) is 0.222. The quantitative estimate of drug-likeness (QED) is 0.726. The summed E-state index contributed by atoms with van der Waals surface area (Å²) < 4.78 is 16.4. The molecule has 1 unspecified atom stereocenters. The van der Waals surface area contributed by atoms with Gasteiger partial charge in [0.1, 0.15) is 23.3 Å². The molecule has 0 fully saturated rings.